The smallest absolute Gasteiger partial charge is 0.239 e. The molecule has 5 heteroatoms. The van der Waals surface area contributed by atoms with Gasteiger partial charge in [-0.2, -0.15) is 0 Å². The molecule has 0 aromatic carbocycles. The second kappa shape index (κ2) is 5.69. The zero-order valence-corrected chi connectivity index (χ0v) is 11.2. The van der Waals surface area contributed by atoms with Crippen LogP contribution in [-0.4, -0.2) is 48.9 Å². The molecule has 18 heavy (non-hydrogen) atoms. The van der Waals surface area contributed by atoms with Crippen molar-refractivity contribution in [3.8, 4) is 0 Å². The number of rotatable bonds is 5. The van der Waals surface area contributed by atoms with E-state index in [1.165, 1.54) is 6.42 Å². The van der Waals surface area contributed by atoms with Gasteiger partial charge in [0.15, 0.2) is 0 Å². The Hall–Kier alpha value is -1.10. The Morgan fingerprint density at radius 3 is 2.72 bits per heavy atom. The summed E-state index contributed by atoms with van der Waals surface area (Å²) in [7, 11) is 1.72. The minimum atomic E-state index is -0.0659. The molecule has 3 atom stereocenters. The van der Waals surface area contributed by atoms with Crippen molar-refractivity contribution >= 4 is 11.8 Å². The lowest BCUT2D eigenvalue weighted by Gasteiger charge is -2.25. The van der Waals surface area contributed by atoms with Crippen LogP contribution in [0.1, 0.15) is 32.6 Å². The molecule has 5 nitrogen and oxygen atoms in total. The molecular formula is C13H23N3O2. The summed E-state index contributed by atoms with van der Waals surface area (Å²) in [5.41, 5.74) is 0. The van der Waals surface area contributed by atoms with Gasteiger partial charge < -0.3 is 15.5 Å². The number of likely N-dealkylation sites (N-methyl/N-ethyl adjacent to an activating group) is 1. The lowest BCUT2D eigenvalue weighted by Crippen LogP contribution is -2.43. The molecule has 2 amide bonds. The maximum Gasteiger partial charge on any atom is 0.239 e. The number of carbonyl (C=O) groups is 2. The lowest BCUT2D eigenvalue weighted by molar-refractivity contribution is -0.138. The molecule has 0 spiro atoms. The summed E-state index contributed by atoms with van der Waals surface area (Å²) in [5.74, 6) is 0.123. The SMILES string of the molecule is CCCNC(=O)CN(C)C(=O)C1CC2CCC1N2. The van der Waals surface area contributed by atoms with Crippen LogP contribution >= 0.6 is 0 Å². The Morgan fingerprint density at radius 2 is 2.17 bits per heavy atom. The molecule has 2 N–H and O–H groups in total. The van der Waals surface area contributed by atoms with Crippen LogP contribution in [0.4, 0.5) is 0 Å². The number of amides is 2. The second-order valence-electron chi connectivity index (χ2n) is 5.43. The van der Waals surface area contributed by atoms with Gasteiger partial charge in [-0.3, -0.25) is 9.59 Å². The van der Waals surface area contributed by atoms with Gasteiger partial charge in [-0.25, -0.2) is 0 Å². The van der Waals surface area contributed by atoms with Crippen LogP contribution in [0.2, 0.25) is 0 Å². The fourth-order valence-electron chi connectivity index (χ4n) is 2.99. The van der Waals surface area contributed by atoms with E-state index in [0.717, 1.165) is 19.3 Å². The van der Waals surface area contributed by atoms with E-state index < -0.39 is 0 Å². The monoisotopic (exact) mass is 253 g/mol. The van der Waals surface area contributed by atoms with Crippen molar-refractivity contribution in [1.82, 2.24) is 15.5 Å². The Balaban J connectivity index is 1.80. The van der Waals surface area contributed by atoms with Gasteiger partial charge in [0, 0.05) is 25.7 Å². The van der Waals surface area contributed by atoms with Crippen molar-refractivity contribution in [3.05, 3.63) is 0 Å². The van der Waals surface area contributed by atoms with E-state index in [0.29, 0.717) is 18.6 Å². The van der Waals surface area contributed by atoms with E-state index in [9.17, 15) is 9.59 Å². The topological polar surface area (TPSA) is 61.4 Å². The zero-order valence-electron chi connectivity index (χ0n) is 11.2. The molecule has 2 aliphatic heterocycles. The molecule has 2 bridgehead atoms. The van der Waals surface area contributed by atoms with Crippen LogP contribution in [-0.2, 0) is 9.59 Å². The molecule has 0 radical (unpaired) electrons. The third-order valence-corrected chi connectivity index (χ3v) is 3.95. The molecule has 2 aliphatic rings. The summed E-state index contributed by atoms with van der Waals surface area (Å²) < 4.78 is 0. The van der Waals surface area contributed by atoms with Crippen molar-refractivity contribution < 1.29 is 9.59 Å². The standard InChI is InChI=1S/C13H23N3O2/c1-3-6-14-12(17)8-16(2)13(18)10-7-9-4-5-11(10)15-9/h9-11,15H,3-8H2,1-2H3,(H,14,17). The number of fused-ring (bicyclic) bond motifs is 2. The molecule has 2 fully saturated rings. The minimum absolute atomic E-state index is 0.0659. The van der Waals surface area contributed by atoms with Gasteiger partial charge in [0.1, 0.15) is 0 Å². The number of hydrogen-bond acceptors (Lipinski definition) is 3. The van der Waals surface area contributed by atoms with E-state index in [-0.39, 0.29) is 24.3 Å². The van der Waals surface area contributed by atoms with Gasteiger partial charge in [0.25, 0.3) is 0 Å². The molecule has 0 aromatic heterocycles. The van der Waals surface area contributed by atoms with Crippen LogP contribution in [0.3, 0.4) is 0 Å². The van der Waals surface area contributed by atoms with Gasteiger partial charge in [0.05, 0.1) is 12.5 Å². The summed E-state index contributed by atoms with van der Waals surface area (Å²) >= 11 is 0. The number of nitrogens with zero attached hydrogens (tertiary/aromatic N) is 1. The van der Waals surface area contributed by atoms with Crippen LogP contribution in [0.15, 0.2) is 0 Å². The fourth-order valence-corrected chi connectivity index (χ4v) is 2.99. The van der Waals surface area contributed by atoms with E-state index in [1.54, 1.807) is 11.9 Å². The molecular weight excluding hydrogens is 230 g/mol. The Morgan fingerprint density at radius 1 is 1.39 bits per heavy atom. The summed E-state index contributed by atoms with van der Waals surface area (Å²) in [4.78, 5) is 25.4. The van der Waals surface area contributed by atoms with Crippen molar-refractivity contribution in [1.29, 1.82) is 0 Å². The Labute approximate surface area is 108 Å². The summed E-state index contributed by atoms with van der Waals surface area (Å²) in [6, 6.07) is 0.856. The number of nitrogens with one attached hydrogen (secondary N) is 2. The molecule has 102 valence electrons. The average Bonchev–Trinajstić information content (AvgIpc) is 2.97. The zero-order chi connectivity index (χ0) is 13.1. The van der Waals surface area contributed by atoms with Gasteiger partial charge in [-0.15, -0.1) is 0 Å². The van der Waals surface area contributed by atoms with Gasteiger partial charge in [0.2, 0.25) is 11.8 Å². The first-order valence-electron chi connectivity index (χ1n) is 6.89. The molecule has 0 aliphatic carbocycles. The molecule has 2 rings (SSSR count). The fraction of sp³-hybridized carbons (Fsp3) is 0.846. The van der Waals surface area contributed by atoms with Crippen LogP contribution in [0, 0.1) is 5.92 Å². The molecule has 2 heterocycles. The predicted octanol–water partition coefficient (Wildman–Crippen LogP) is 0.112. The lowest BCUT2D eigenvalue weighted by atomic mass is 9.88. The quantitative estimate of drug-likeness (QED) is 0.731. The van der Waals surface area contributed by atoms with Gasteiger partial charge >= 0.3 is 0 Å². The first-order valence-corrected chi connectivity index (χ1v) is 6.89. The van der Waals surface area contributed by atoms with E-state index >= 15 is 0 Å². The highest BCUT2D eigenvalue weighted by molar-refractivity contribution is 5.86. The molecule has 0 saturated carbocycles. The summed E-state index contributed by atoms with van der Waals surface area (Å²) in [6.45, 7) is 2.86. The highest BCUT2D eigenvalue weighted by atomic mass is 16.2. The Bertz CT molecular complexity index is 332. The van der Waals surface area contributed by atoms with E-state index in [2.05, 4.69) is 10.6 Å². The van der Waals surface area contributed by atoms with Crippen molar-refractivity contribution in [2.75, 3.05) is 20.1 Å². The maximum atomic E-state index is 12.3. The molecule has 2 saturated heterocycles. The largest absolute Gasteiger partial charge is 0.355 e. The third kappa shape index (κ3) is 2.83. The maximum absolute atomic E-state index is 12.3. The van der Waals surface area contributed by atoms with E-state index in [4.69, 9.17) is 0 Å². The normalized spacial score (nSPS) is 29.3. The molecule has 0 aromatic rings. The Kier molecular flexibility index (Phi) is 4.22. The highest BCUT2D eigenvalue weighted by Crippen LogP contribution is 2.34. The summed E-state index contributed by atoms with van der Waals surface area (Å²) in [6.07, 6.45) is 4.14. The first kappa shape index (κ1) is 13.3. The van der Waals surface area contributed by atoms with Gasteiger partial charge in [-0.05, 0) is 25.7 Å². The van der Waals surface area contributed by atoms with E-state index in [1.807, 2.05) is 6.92 Å². The van der Waals surface area contributed by atoms with Gasteiger partial charge in [-0.1, -0.05) is 6.92 Å². The van der Waals surface area contributed by atoms with Crippen molar-refractivity contribution in [2.45, 2.75) is 44.7 Å². The molecule has 3 unspecified atom stereocenters. The van der Waals surface area contributed by atoms with Crippen molar-refractivity contribution in [3.63, 3.8) is 0 Å². The average molecular weight is 253 g/mol. The number of hydrogen-bond donors (Lipinski definition) is 2. The van der Waals surface area contributed by atoms with Crippen LogP contribution in [0.5, 0.6) is 0 Å². The van der Waals surface area contributed by atoms with Crippen molar-refractivity contribution in [2.24, 2.45) is 5.92 Å². The third-order valence-electron chi connectivity index (χ3n) is 3.95. The second-order valence-corrected chi connectivity index (χ2v) is 5.43. The minimum Gasteiger partial charge on any atom is -0.355 e. The first-order chi connectivity index (χ1) is 8.61. The highest BCUT2D eigenvalue weighted by Gasteiger charge is 2.43. The number of carbonyl (C=O) groups excluding carboxylic acids is 2. The predicted molar refractivity (Wildman–Crippen MR) is 69.0 cm³/mol. The van der Waals surface area contributed by atoms with Crippen LogP contribution < -0.4 is 10.6 Å². The summed E-state index contributed by atoms with van der Waals surface area (Å²) in [5, 5.41) is 6.25. The van der Waals surface area contributed by atoms with Crippen LogP contribution in [0.25, 0.3) is 0 Å².